The normalized spacial score (nSPS) is 16.5. The lowest BCUT2D eigenvalue weighted by atomic mass is 9.90. The number of fused-ring (bicyclic) bond motifs is 3. The van der Waals surface area contributed by atoms with Crippen molar-refractivity contribution in [1.29, 1.82) is 0 Å². The number of nitrogens with zero attached hydrogens (tertiary/aromatic N) is 1. The van der Waals surface area contributed by atoms with Crippen LogP contribution in [0.25, 0.3) is 11.1 Å². The van der Waals surface area contributed by atoms with Gasteiger partial charge in [-0.25, -0.2) is 14.4 Å². The Kier molecular flexibility index (Phi) is 8.05. The van der Waals surface area contributed by atoms with Gasteiger partial charge in [-0.2, -0.15) is 0 Å². The molecule has 0 radical (unpaired) electrons. The molecule has 1 unspecified atom stereocenters. The number of alkyl carbamates (subject to hydrolysis) is 1. The summed E-state index contributed by atoms with van der Waals surface area (Å²) in [7, 11) is 0. The zero-order valence-corrected chi connectivity index (χ0v) is 21.7. The van der Waals surface area contributed by atoms with Crippen LogP contribution in [0.2, 0.25) is 0 Å². The van der Waals surface area contributed by atoms with Crippen molar-refractivity contribution < 1.29 is 29.0 Å². The van der Waals surface area contributed by atoms with E-state index in [1.807, 2.05) is 24.3 Å². The molecule has 0 spiro atoms. The fraction of sp³-hybridized carbons (Fsp3) is 0.483. The molecule has 2 N–H and O–H groups in total. The van der Waals surface area contributed by atoms with Crippen LogP contribution in [0.15, 0.2) is 48.5 Å². The van der Waals surface area contributed by atoms with Crippen LogP contribution < -0.4 is 5.32 Å². The molecule has 4 rings (SSSR count). The van der Waals surface area contributed by atoms with Crippen LogP contribution in [-0.4, -0.2) is 59.5 Å². The monoisotopic (exact) mass is 508 g/mol. The second-order valence-corrected chi connectivity index (χ2v) is 10.8. The Morgan fingerprint density at radius 1 is 1.00 bits per heavy atom. The van der Waals surface area contributed by atoms with Crippen molar-refractivity contribution in [1.82, 2.24) is 10.2 Å². The third kappa shape index (κ3) is 6.61. The number of hydrogen-bond donors (Lipinski definition) is 2. The van der Waals surface area contributed by atoms with Gasteiger partial charge < -0.3 is 24.8 Å². The maximum absolute atomic E-state index is 12.8. The average Bonchev–Trinajstić information content (AvgIpc) is 3.18. The summed E-state index contributed by atoms with van der Waals surface area (Å²) in [6.07, 6.45) is 1.45. The molecule has 0 saturated carbocycles. The number of hydrogen-bond acceptors (Lipinski definition) is 5. The number of benzene rings is 2. The Balaban J connectivity index is 1.24. The van der Waals surface area contributed by atoms with Crippen LogP contribution in [-0.2, 0) is 14.3 Å². The van der Waals surface area contributed by atoms with Gasteiger partial charge >= 0.3 is 18.2 Å². The number of carboxylic acid groups (broad SMARTS) is 1. The topological polar surface area (TPSA) is 105 Å². The first kappa shape index (κ1) is 26.5. The van der Waals surface area contributed by atoms with Gasteiger partial charge in [-0.1, -0.05) is 48.5 Å². The number of aliphatic carboxylic acids is 1. The van der Waals surface area contributed by atoms with Gasteiger partial charge in [0.15, 0.2) is 0 Å². The van der Waals surface area contributed by atoms with E-state index in [4.69, 9.17) is 9.47 Å². The number of ether oxygens (including phenoxy) is 2. The van der Waals surface area contributed by atoms with Gasteiger partial charge in [0.05, 0.1) is 0 Å². The largest absolute Gasteiger partial charge is 0.480 e. The van der Waals surface area contributed by atoms with Crippen LogP contribution in [0.3, 0.4) is 0 Å². The van der Waals surface area contributed by atoms with Crippen molar-refractivity contribution in [2.45, 2.75) is 64.0 Å². The number of carbonyl (C=O) groups is 3. The molecule has 0 aromatic heterocycles. The Labute approximate surface area is 217 Å². The van der Waals surface area contributed by atoms with E-state index in [1.54, 1.807) is 25.7 Å². The van der Waals surface area contributed by atoms with Crippen molar-refractivity contribution in [2.24, 2.45) is 5.92 Å². The number of piperidine rings is 1. The van der Waals surface area contributed by atoms with E-state index >= 15 is 0 Å². The number of likely N-dealkylation sites (tertiary alicyclic amines) is 1. The average molecular weight is 509 g/mol. The molecule has 2 aromatic rings. The SMILES string of the molecule is CC(C)(C)OC(=O)NC(CCC1CCN(C(=O)OCC2c3ccccc3-c3ccccc32)CC1)C(=O)O. The van der Waals surface area contributed by atoms with Crippen molar-refractivity contribution in [3.8, 4) is 11.1 Å². The first-order valence-electron chi connectivity index (χ1n) is 12.9. The maximum atomic E-state index is 12.8. The maximum Gasteiger partial charge on any atom is 0.409 e. The molecule has 8 nitrogen and oxygen atoms in total. The van der Waals surface area contributed by atoms with Crippen molar-refractivity contribution in [3.63, 3.8) is 0 Å². The molecule has 198 valence electrons. The molecule has 0 bridgehead atoms. The predicted octanol–water partition coefficient (Wildman–Crippen LogP) is 5.41. The lowest BCUT2D eigenvalue weighted by Gasteiger charge is -2.32. The zero-order chi connectivity index (χ0) is 26.6. The van der Waals surface area contributed by atoms with Gasteiger partial charge in [-0.15, -0.1) is 0 Å². The summed E-state index contributed by atoms with van der Waals surface area (Å²) in [6.45, 7) is 6.62. The molecule has 8 heteroatoms. The quantitative estimate of drug-likeness (QED) is 0.518. The van der Waals surface area contributed by atoms with Gasteiger partial charge in [-0.3, -0.25) is 0 Å². The minimum atomic E-state index is -1.08. The van der Waals surface area contributed by atoms with E-state index in [-0.39, 0.29) is 17.9 Å². The first-order chi connectivity index (χ1) is 17.6. The Morgan fingerprint density at radius 3 is 2.11 bits per heavy atom. The third-order valence-corrected chi connectivity index (χ3v) is 7.06. The summed E-state index contributed by atoms with van der Waals surface area (Å²) >= 11 is 0. The fourth-order valence-corrected chi connectivity index (χ4v) is 5.20. The molecule has 37 heavy (non-hydrogen) atoms. The molecule has 2 aromatic carbocycles. The molecule has 1 atom stereocenters. The van der Waals surface area contributed by atoms with Crippen LogP contribution in [0.1, 0.15) is 63.5 Å². The number of rotatable bonds is 7. The highest BCUT2D eigenvalue weighted by atomic mass is 16.6. The van der Waals surface area contributed by atoms with E-state index in [9.17, 15) is 19.5 Å². The summed E-state index contributed by atoms with van der Waals surface area (Å²) in [5, 5.41) is 11.9. The predicted molar refractivity (Wildman–Crippen MR) is 139 cm³/mol. The van der Waals surface area contributed by atoms with Gasteiger partial charge in [0.1, 0.15) is 18.2 Å². The third-order valence-electron chi connectivity index (χ3n) is 7.06. The molecular weight excluding hydrogens is 472 g/mol. The summed E-state index contributed by atoms with van der Waals surface area (Å²) in [5.74, 6) is -0.777. The van der Waals surface area contributed by atoms with Gasteiger partial charge in [0.2, 0.25) is 0 Å². The molecule has 1 heterocycles. The van der Waals surface area contributed by atoms with Crippen molar-refractivity contribution in [3.05, 3.63) is 59.7 Å². The van der Waals surface area contributed by atoms with Gasteiger partial charge in [-0.05, 0) is 74.6 Å². The number of carbonyl (C=O) groups excluding carboxylic acids is 2. The Hall–Kier alpha value is -3.55. The lowest BCUT2D eigenvalue weighted by molar-refractivity contribution is -0.139. The second kappa shape index (κ2) is 11.2. The number of amides is 2. The molecule has 1 aliphatic carbocycles. The smallest absolute Gasteiger partial charge is 0.409 e. The van der Waals surface area contributed by atoms with E-state index < -0.39 is 23.7 Å². The molecular formula is C29H36N2O6. The minimum absolute atomic E-state index is 0.0271. The van der Waals surface area contributed by atoms with Gasteiger partial charge in [0, 0.05) is 19.0 Å². The summed E-state index contributed by atoms with van der Waals surface area (Å²) in [5.41, 5.74) is 4.06. The van der Waals surface area contributed by atoms with E-state index in [0.29, 0.717) is 32.5 Å². The molecule has 1 saturated heterocycles. The van der Waals surface area contributed by atoms with E-state index in [0.717, 1.165) is 12.8 Å². The number of carboxylic acids is 1. The molecule has 1 fully saturated rings. The Bertz CT molecular complexity index is 1090. The molecule has 2 amide bonds. The van der Waals surface area contributed by atoms with E-state index in [2.05, 4.69) is 29.6 Å². The van der Waals surface area contributed by atoms with Crippen LogP contribution in [0.5, 0.6) is 0 Å². The van der Waals surface area contributed by atoms with Crippen LogP contribution in [0, 0.1) is 5.92 Å². The summed E-state index contributed by atoms with van der Waals surface area (Å²) in [4.78, 5) is 38.2. The van der Waals surface area contributed by atoms with Gasteiger partial charge in [0.25, 0.3) is 0 Å². The van der Waals surface area contributed by atoms with Crippen molar-refractivity contribution >= 4 is 18.2 Å². The van der Waals surface area contributed by atoms with Crippen LogP contribution >= 0.6 is 0 Å². The second-order valence-electron chi connectivity index (χ2n) is 10.8. The lowest BCUT2D eigenvalue weighted by Crippen LogP contribution is -2.44. The highest BCUT2D eigenvalue weighted by molar-refractivity contribution is 5.80. The molecule has 1 aliphatic heterocycles. The molecule has 2 aliphatic rings. The summed E-state index contributed by atoms with van der Waals surface area (Å²) in [6, 6.07) is 15.5. The zero-order valence-electron chi connectivity index (χ0n) is 21.7. The highest BCUT2D eigenvalue weighted by Crippen LogP contribution is 2.44. The minimum Gasteiger partial charge on any atom is -0.480 e. The fourth-order valence-electron chi connectivity index (χ4n) is 5.20. The first-order valence-corrected chi connectivity index (χ1v) is 12.9. The standard InChI is InChI=1S/C29H36N2O6/c1-29(2,3)37-27(34)30-25(26(32)33)13-12-19-14-16-31(17-15-19)28(35)36-18-24-22-10-6-4-8-20(22)21-9-5-7-11-23(21)24/h4-11,19,24-25H,12-18H2,1-3H3,(H,30,34)(H,32,33). The highest BCUT2D eigenvalue weighted by Gasteiger charge is 2.31. The van der Waals surface area contributed by atoms with Crippen molar-refractivity contribution in [2.75, 3.05) is 19.7 Å². The summed E-state index contributed by atoms with van der Waals surface area (Å²) < 4.78 is 11.0. The van der Waals surface area contributed by atoms with E-state index in [1.165, 1.54) is 22.3 Å². The number of nitrogens with one attached hydrogen (secondary N) is 1. The van der Waals surface area contributed by atoms with Crippen LogP contribution in [0.4, 0.5) is 9.59 Å². The Morgan fingerprint density at radius 2 is 1.57 bits per heavy atom.